The minimum atomic E-state index is -1.70. The van der Waals surface area contributed by atoms with Gasteiger partial charge in [0.05, 0.1) is 11.5 Å². The molecular formula is C13H13BN2O5. The molecule has 1 aromatic heterocycles. The van der Waals surface area contributed by atoms with E-state index in [0.29, 0.717) is 6.42 Å². The smallest absolute Gasteiger partial charge is 0.486 e. The average molecular weight is 288 g/mol. The predicted molar refractivity (Wildman–Crippen MR) is 76.4 cm³/mol. The van der Waals surface area contributed by atoms with Crippen molar-refractivity contribution in [2.75, 3.05) is 6.61 Å². The summed E-state index contributed by atoms with van der Waals surface area (Å²) in [5.74, 6) is 0.00879. The first kappa shape index (κ1) is 15.0. The van der Waals surface area contributed by atoms with E-state index in [9.17, 15) is 10.1 Å². The number of pyridine rings is 1. The zero-order valence-corrected chi connectivity index (χ0v) is 11.0. The molecule has 0 aliphatic carbocycles. The van der Waals surface area contributed by atoms with Crippen LogP contribution in [0.3, 0.4) is 0 Å². The van der Waals surface area contributed by atoms with Crippen LogP contribution in [0.25, 0.3) is 0 Å². The molecule has 0 saturated carbocycles. The summed E-state index contributed by atoms with van der Waals surface area (Å²) < 4.78 is 5.40. The number of nitro benzene ring substituents is 1. The summed E-state index contributed by atoms with van der Waals surface area (Å²) >= 11 is 0. The van der Waals surface area contributed by atoms with Gasteiger partial charge in [0.25, 0.3) is 0 Å². The minimum Gasteiger partial charge on any atom is -0.486 e. The van der Waals surface area contributed by atoms with Gasteiger partial charge in [0.15, 0.2) is 5.75 Å². The van der Waals surface area contributed by atoms with Crippen molar-refractivity contribution in [3.63, 3.8) is 0 Å². The predicted octanol–water partition coefficient (Wildman–Crippen LogP) is 0.291. The number of aromatic nitrogens is 1. The molecule has 0 spiro atoms. The van der Waals surface area contributed by atoms with E-state index in [0.717, 1.165) is 5.56 Å². The van der Waals surface area contributed by atoms with Crippen LogP contribution < -0.4 is 10.2 Å². The highest BCUT2D eigenvalue weighted by Gasteiger charge is 2.20. The Balaban J connectivity index is 2.10. The van der Waals surface area contributed by atoms with E-state index in [1.165, 1.54) is 18.2 Å². The highest BCUT2D eigenvalue weighted by Crippen LogP contribution is 2.25. The number of hydrogen-bond donors (Lipinski definition) is 2. The van der Waals surface area contributed by atoms with Gasteiger partial charge in [-0.25, -0.2) is 0 Å². The van der Waals surface area contributed by atoms with Crippen molar-refractivity contribution in [2.24, 2.45) is 0 Å². The Morgan fingerprint density at radius 1 is 1.33 bits per heavy atom. The largest absolute Gasteiger partial charge is 0.488 e. The number of nitrogens with zero attached hydrogens (tertiary/aromatic N) is 2. The topological polar surface area (TPSA) is 106 Å². The lowest BCUT2D eigenvalue weighted by atomic mass is 9.80. The lowest BCUT2D eigenvalue weighted by Gasteiger charge is -2.08. The summed E-state index contributed by atoms with van der Waals surface area (Å²) in [7, 11) is -1.70. The van der Waals surface area contributed by atoms with Crippen molar-refractivity contribution < 1.29 is 19.7 Å². The average Bonchev–Trinajstić information content (AvgIpc) is 2.48. The van der Waals surface area contributed by atoms with Gasteiger partial charge in [-0.15, -0.1) is 0 Å². The molecular weight excluding hydrogens is 275 g/mol. The normalized spacial score (nSPS) is 10.2. The van der Waals surface area contributed by atoms with Crippen LogP contribution in [0.4, 0.5) is 5.69 Å². The van der Waals surface area contributed by atoms with E-state index in [2.05, 4.69) is 4.98 Å². The van der Waals surface area contributed by atoms with Gasteiger partial charge in [0, 0.05) is 24.9 Å². The Morgan fingerprint density at radius 3 is 2.76 bits per heavy atom. The van der Waals surface area contributed by atoms with E-state index in [1.807, 2.05) is 6.07 Å². The van der Waals surface area contributed by atoms with Crippen molar-refractivity contribution in [1.82, 2.24) is 4.98 Å². The molecule has 7 nitrogen and oxygen atoms in total. The fourth-order valence-corrected chi connectivity index (χ4v) is 1.78. The van der Waals surface area contributed by atoms with Crippen LogP contribution in [0.1, 0.15) is 5.56 Å². The maximum atomic E-state index is 10.9. The monoisotopic (exact) mass is 288 g/mol. The van der Waals surface area contributed by atoms with Crippen LogP contribution >= 0.6 is 0 Å². The SMILES string of the molecule is O=[N+]([O-])c1ccc(B(O)O)cc1OCCc1cccnc1. The first-order chi connectivity index (χ1) is 10.1. The van der Waals surface area contributed by atoms with Gasteiger partial charge in [0.2, 0.25) is 0 Å². The first-order valence-electron chi connectivity index (χ1n) is 6.24. The molecule has 1 aromatic carbocycles. The van der Waals surface area contributed by atoms with Gasteiger partial charge in [-0.3, -0.25) is 15.1 Å². The quantitative estimate of drug-likeness (QED) is 0.449. The second-order valence-electron chi connectivity index (χ2n) is 4.32. The fourth-order valence-electron chi connectivity index (χ4n) is 1.78. The Kier molecular flexibility index (Phi) is 4.86. The van der Waals surface area contributed by atoms with Gasteiger partial charge in [0.1, 0.15) is 0 Å². The zero-order chi connectivity index (χ0) is 15.2. The number of nitro groups is 1. The summed E-state index contributed by atoms with van der Waals surface area (Å²) in [6, 6.07) is 7.39. The van der Waals surface area contributed by atoms with Crippen LogP contribution in [-0.4, -0.2) is 33.7 Å². The third kappa shape index (κ3) is 4.01. The number of rotatable bonds is 6. The summed E-state index contributed by atoms with van der Waals surface area (Å²) in [6.45, 7) is 0.220. The lowest BCUT2D eigenvalue weighted by Crippen LogP contribution is -2.29. The molecule has 2 N–H and O–H groups in total. The molecule has 108 valence electrons. The number of ether oxygens (including phenoxy) is 1. The summed E-state index contributed by atoms with van der Waals surface area (Å²) in [5.41, 5.74) is 0.862. The van der Waals surface area contributed by atoms with Crippen LogP contribution in [-0.2, 0) is 6.42 Å². The summed E-state index contributed by atoms with van der Waals surface area (Å²) in [6.07, 6.45) is 3.88. The zero-order valence-electron chi connectivity index (χ0n) is 11.0. The molecule has 0 atom stereocenters. The molecule has 0 radical (unpaired) electrons. The van der Waals surface area contributed by atoms with Crippen molar-refractivity contribution >= 4 is 18.3 Å². The molecule has 0 fully saturated rings. The molecule has 0 unspecified atom stereocenters. The third-order valence-corrected chi connectivity index (χ3v) is 2.85. The van der Waals surface area contributed by atoms with Gasteiger partial charge >= 0.3 is 12.8 Å². The molecule has 0 aliphatic heterocycles. The van der Waals surface area contributed by atoms with Gasteiger partial charge in [-0.1, -0.05) is 12.1 Å². The van der Waals surface area contributed by atoms with E-state index < -0.39 is 12.0 Å². The Morgan fingerprint density at radius 2 is 2.14 bits per heavy atom. The Labute approximate surface area is 121 Å². The lowest BCUT2D eigenvalue weighted by molar-refractivity contribution is -0.385. The summed E-state index contributed by atoms with van der Waals surface area (Å²) in [5, 5.41) is 29.1. The number of benzene rings is 1. The molecule has 8 heteroatoms. The Bertz CT molecular complexity index is 621. The number of hydrogen-bond acceptors (Lipinski definition) is 6. The minimum absolute atomic E-state index is 0.00879. The van der Waals surface area contributed by atoms with Crippen molar-refractivity contribution in [3.8, 4) is 5.75 Å². The highest BCUT2D eigenvalue weighted by atomic mass is 16.6. The molecule has 0 saturated heterocycles. The third-order valence-electron chi connectivity index (χ3n) is 2.85. The fraction of sp³-hybridized carbons (Fsp3) is 0.154. The Hall–Kier alpha value is -2.45. The maximum absolute atomic E-state index is 10.9. The van der Waals surface area contributed by atoms with Gasteiger partial charge in [-0.05, 0) is 23.2 Å². The molecule has 1 heterocycles. The standard InChI is InChI=1S/C13H13BN2O5/c17-14(18)11-3-4-12(16(19)20)13(8-11)21-7-5-10-2-1-6-15-9-10/h1-4,6,8-9,17-18H,5,7H2. The molecule has 2 rings (SSSR count). The van der Waals surface area contributed by atoms with Crippen molar-refractivity contribution in [2.45, 2.75) is 6.42 Å². The van der Waals surface area contributed by atoms with Crippen molar-refractivity contribution in [3.05, 3.63) is 58.4 Å². The van der Waals surface area contributed by atoms with Crippen LogP contribution in [0.2, 0.25) is 0 Å². The molecule has 0 bridgehead atoms. The molecule has 21 heavy (non-hydrogen) atoms. The van der Waals surface area contributed by atoms with E-state index in [1.54, 1.807) is 18.5 Å². The summed E-state index contributed by atoms with van der Waals surface area (Å²) in [4.78, 5) is 14.3. The van der Waals surface area contributed by atoms with Crippen LogP contribution in [0, 0.1) is 10.1 Å². The van der Waals surface area contributed by atoms with E-state index >= 15 is 0 Å². The van der Waals surface area contributed by atoms with Gasteiger partial charge < -0.3 is 14.8 Å². The first-order valence-corrected chi connectivity index (χ1v) is 6.24. The second kappa shape index (κ2) is 6.82. The maximum Gasteiger partial charge on any atom is 0.488 e. The van der Waals surface area contributed by atoms with E-state index in [-0.39, 0.29) is 23.5 Å². The van der Waals surface area contributed by atoms with Gasteiger partial charge in [-0.2, -0.15) is 0 Å². The second-order valence-corrected chi connectivity index (χ2v) is 4.32. The molecule has 2 aromatic rings. The van der Waals surface area contributed by atoms with Crippen LogP contribution in [0.15, 0.2) is 42.7 Å². The van der Waals surface area contributed by atoms with Crippen molar-refractivity contribution in [1.29, 1.82) is 0 Å². The van der Waals surface area contributed by atoms with Crippen LogP contribution in [0.5, 0.6) is 5.75 Å². The highest BCUT2D eigenvalue weighted by molar-refractivity contribution is 6.58. The van der Waals surface area contributed by atoms with E-state index in [4.69, 9.17) is 14.8 Å². The molecule has 0 aliphatic rings. The molecule has 0 amide bonds.